The fourth-order valence-corrected chi connectivity index (χ4v) is 1.42. The summed E-state index contributed by atoms with van der Waals surface area (Å²) < 4.78 is 1.81. The molecule has 0 fully saturated rings. The summed E-state index contributed by atoms with van der Waals surface area (Å²) in [5.41, 5.74) is 1.98. The molecule has 3 heteroatoms. The Morgan fingerprint density at radius 1 is 1.46 bits per heavy atom. The van der Waals surface area contributed by atoms with E-state index in [0.29, 0.717) is 0 Å². The first kappa shape index (κ1) is 8.26. The molecule has 2 rings (SSSR count). The van der Waals surface area contributed by atoms with E-state index in [2.05, 4.69) is 5.10 Å². The summed E-state index contributed by atoms with van der Waals surface area (Å²) in [6, 6.07) is 5.87. The first-order valence-corrected chi connectivity index (χ1v) is 4.28. The molecule has 0 spiro atoms. The molecule has 0 saturated heterocycles. The summed E-state index contributed by atoms with van der Waals surface area (Å²) in [7, 11) is 1.90. The summed E-state index contributed by atoms with van der Waals surface area (Å²) in [6.45, 7) is 1.76. The first-order chi connectivity index (χ1) is 6.18. The van der Waals surface area contributed by atoms with E-state index in [-0.39, 0.29) is 0 Å². The van der Waals surface area contributed by atoms with E-state index in [1.807, 2.05) is 31.4 Å². The Morgan fingerprint density at radius 3 is 2.92 bits per heavy atom. The third-order valence-electron chi connectivity index (χ3n) is 2.26. The van der Waals surface area contributed by atoms with Crippen LogP contribution in [0.1, 0.15) is 18.6 Å². The number of fused-ring (bicyclic) bond motifs is 1. The third kappa shape index (κ3) is 1.31. The van der Waals surface area contributed by atoms with Crippen LogP contribution in [-0.2, 0) is 7.05 Å². The average Bonchev–Trinajstić information content (AvgIpc) is 2.47. The van der Waals surface area contributed by atoms with Gasteiger partial charge >= 0.3 is 0 Å². The van der Waals surface area contributed by atoms with E-state index < -0.39 is 6.10 Å². The van der Waals surface area contributed by atoms with Crippen LogP contribution in [0.4, 0.5) is 0 Å². The number of nitrogens with zero attached hydrogens (tertiary/aromatic N) is 2. The van der Waals surface area contributed by atoms with Crippen molar-refractivity contribution in [2.45, 2.75) is 13.0 Å². The number of aryl methyl sites for hydroxylation is 1. The van der Waals surface area contributed by atoms with Crippen molar-refractivity contribution in [2.75, 3.05) is 0 Å². The van der Waals surface area contributed by atoms with E-state index in [1.54, 1.807) is 11.6 Å². The minimum atomic E-state index is -0.417. The van der Waals surface area contributed by atoms with Crippen molar-refractivity contribution in [1.82, 2.24) is 9.78 Å². The second-order valence-electron chi connectivity index (χ2n) is 3.26. The summed E-state index contributed by atoms with van der Waals surface area (Å²) in [5.74, 6) is 0. The maximum Gasteiger partial charge on any atom is 0.0762 e. The van der Waals surface area contributed by atoms with Gasteiger partial charge in [0, 0.05) is 12.4 Å². The molecule has 0 aliphatic heterocycles. The van der Waals surface area contributed by atoms with Gasteiger partial charge in [0.15, 0.2) is 0 Å². The fraction of sp³-hybridized carbons (Fsp3) is 0.300. The molecular formula is C10H12N2O. The Bertz CT molecular complexity index is 431. The van der Waals surface area contributed by atoms with Crippen LogP contribution >= 0.6 is 0 Å². The fourth-order valence-electron chi connectivity index (χ4n) is 1.42. The van der Waals surface area contributed by atoms with Gasteiger partial charge in [-0.3, -0.25) is 4.68 Å². The molecule has 1 atom stereocenters. The van der Waals surface area contributed by atoms with Crippen LogP contribution in [0.5, 0.6) is 0 Å². The van der Waals surface area contributed by atoms with Crippen molar-refractivity contribution in [2.24, 2.45) is 7.05 Å². The summed E-state index contributed by atoms with van der Waals surface area (Å²) in [6.07, 6.45) is 1.40. The second kappa shape index (κ2) is 2.85. The summed E-state index contributed by atoms with van der Waals surface area (Å²) >= 11 is 0. The van der Waals surface area contributed by atoms with Crippen molar-refractivity contribution >= 4 is 10.9 Å². The van der Waals surface area contributed by atoms with Gasteiger partial charge in [-0.2, -0.15) is 5.10 Å². The van der Waals surface area contributed by atoms with Crippen molar-refractivity contribution in [3.63, 3.8) is 0 Å². The van der Waals surface area contributed by atoms with Gasteiger partial charge in [-0.1, -0.05) is 12.1 Å². The Hall–Kier alpha value is -1.35. The molecule has 0 amide bonds. The lowest BCUT2D eigenvalue weighted by Gasteiger charge is -2.04. The van der Waals surface area contributed by atoms with Crippen LogP contribution in [0.2, 0.25) is 0 Å². The molecule has 1 aromatic heterocycles. The lowest BCUT2D eigenvalue weighted by atomic mass is 10.1. The lowest BCUT2D eigenvalue weighted by Crippen LogP contribution is -1.93. The highest BCUT2D eigenvalue weighted by molar-refractivity contribution is 5.79. The minimum Gasteiger partial charge on any atom is -0.389 e. The molecule has 3 nitrogen and oxygen atoms in total. The molecule has 0 bridgehead atoms. The summed E-state index contributed by atoms with van der Waals surface area (Å²) in [5, 5.41) is 14.6. The van der Waals surface area contributed by atoms with Crippen LogP contribution < -0.4 is 0 Å². The molecule has 0 saturated carbocycles. The molecule has 0 radical (unpaired) electrons. The van der Waals surface area contributed by atoms with Gasteiger partial charge in [0.1, 0.15) is 0 Å². The molecule has 0 aliphatic carbocycles. The predicted octanol–water partition coefficient (Wildman–Crippen LogP) is 1.63. The first-order valence-electron chi connectivity index (χ1n) is 4.28. The van der Waals surface area contributed by atoms with Gasteiger partial charge < -0.3 is 5.11 Å². The molecule has 0 aliphatic rings. The highest BCUT2D eigenvalue weighted by Crippen LogP contribution is 2.19. The Kier molecular flexibility index (Phi) is 1.81. The van der Waals surface area contributed by atoms with Crippen molar-refractivity contribution in [3.8, 4) is 0 Å². The van der Waals surface area contributed by atoms with Crippen LogP contribution in [0.3, 0.4) is 0 Å². The quantitative estimate of drug-likeness (QED) is 0.717. The normalized spacial score (nSPS) is 13.5. The SMILES string of the molecule is C[C@@H](O)c1ccc2cnn(C)c2c1. The largest absolute Gasteiger partial charge is 0.389 e. The lowest BCUT2D eigenvalue weighted by molar-refractivity contribution is 0.199. The van der Waals surface area contributed by atoms with Gasteiger partial charge in [-0.25, -0.2) is 0 Å². The van der Waals surface area contributed by atoms with Crippen molar-refractivity contribution in [1.29, 1.82) is 0 Å². The standard InChI is InChI=1S/C10H12N2O/c1-7(13)8-3-4-9-6-11-12(2)10(9)5-8/h3-7,13H,1-2H3/t7-/m1/s1. The number of rotatable bonds is 1. The van der Waals surface area contributed by atoms with E-state index >= 15 is 0 Å². The Balaban J connectivity index is 2.66. The molecular weight excluding hydrogens is 164 g/mol. The highest BCUT2D eigenvalue weighted by Gasteiger charge is 2.04. The van der Waals surface area contributed by atoms with Gasteiger partial charge in [0.2, 0.25) is 0 Å². The van der Waals surface area contributed by atoms with Gasteiger partial charge in [0.05, 0.1) is 17.8 Å². The third-order valence-corrected chi connectivity index (χ3v) is 2.26. The Labute approximate surface area is 76.6 Å². The summed E-state index contributed by atoms with van der Waals surface area (Å²) in [4.78, 5) is 0. The average molecular weight is 176 g/mol. The van der Waals surface area contributed by atoms with Gasteiger partial charge in [-0.05, 0) is 18.6 Å². The van der Waals surface area contributed by atoms with Crippen molar-refractivity contribution in [3.05, 3.63) is 30.0 Å². The second-order valence-corrected chi connectivity index (χ2v) is 3.26. The van der Waals surface area contributed by atoms with Crippen LogP contribution in [0.25, 0.3) is 10.9 Å². The van der Waals surface area contributed by atoms with Crippen LogP contribution in [0.15, 0.2) is 24.4 Å². The maximum atomic E-state index is 9.38. The van der Waals surface area contributed by atoms with Crippen LogP contribution in [0, 0.1) is 0 Å². The topological polar surface area (TPSA) is 38.1 Å². The predicted molar refractivity (Wildman–Crippen MR) is 51.3 cm³/mol. The molecule has 2 aromatic rings. The maximum absolute atomic E-state index is 9.38. The molecule has 1 N–H and O–H groups in total. The Morgan fingerprint density at radius 2 is 2.23 bits per heavy atom. The molecule has 13 heavy (non-hydrogen) atoms. The monoisotopic (exact) mass is 176 g/mol. The van der Waals surface area contributed by atoms with E-state index in [9.17, 15) is 5.11 Å². The van der Waals surface area contributed by atoms with E-state index in [1.165, 1.54) is 0 Å². The number of aliphatic hydroxyl groups excluding tert-OH is 1. The van der Waals surface area contributed by atoms with E-state index in [0.717, 1.165) is 16.5 Å². The number of aromatic nitrogens is 2. The zero-order chi connectivity index (χ0) is 9.42. The number of aliphatic hydroxyl groups is 1. The van der Waals surface area contributed by atoms with E-state index in [4.69, 9.17) is 0 Å². The number of benzene rings is 1. The smallest absolute Gasteiger partial charge is 0.0762 e. The van der Waals surface area contributed by atoms with Gasteiger partial charge in [-0.15, -0.1) is 0 Å². The molecule has 1 heterocycles. The number of hydrogen-bond donors (Lipinski definition) is 1. The zero-order valence-electron chi connectivity index (χ0n) is 7.73. The molecule has 68 valence electrons. The van der Waals surface area contributed by atoms with Crippen LogP contribution in [-0.4, -0.2) is 14.9 Å². The minimum absolute atomic E-state index is 0.417. The van der Waals surface area contributed by atoms with Crippen molar-refractivity contribution < 1.29 is 5.11 Å². The zero-order valence-corrected chi connectivity index (χ0v) is 7.73. The highest BCUT2D eigenvalue weighted by atomic mass is 16.3. The molecule has 1 aromatic carbocycles. The molecule has 0 unspecified atom stereocenters. The number of hydrogen-bond acceptors (Lipinski definition) is 2. The van der Waals surface area contributed by atoms with Gasteiger partial charge in [0.25, 0.3) is 0 Å².